The Hall–Kier alpha value is -2.50. The topological polar surface area (TPSA) is 94.1 Å². The minimum absolute atomic E-state index is 0.0110. The molecule has 0 unspecified atom stereocenters. The summed E-state index contributed by atoms with van der Waals surface area (Å²) in [5, 5.41) is 1.78. The number of thiazole rings is 1. The Morgan fingerprint density at radius 1 is 1.03 bits per heavy atom. The summed E-state index contributed by atoms with van der Waals surface area (Å²) in [5.74, 6) is -0.0222. The average Bonchev–Trinajstić information content (AvgIpc) is 3.31. The Kier molecular flexibility index (Phi) is 5.87. The van der Waals surface area contributed by atoms with Gasteiger partial charge in [-0.2, -0.15) is 0 Å². The largest absolute Gasteiger partial charge is 0.335 e. The lowest BCUT2D eigenvalue weighted by Crippen LogP contribution is -2.64. The van der Waals surface area contributed by atoms with E-state index < -0.39 is 10.0 Å². The summed E-state index contributed by atoms with van der Waals surface area (Å²) >= 11 is 1.42. The average molecular weight is 490 g/mol. The van der Waals surface area contributed by atoms with E-state index in [2.05, 4.69) is 9.88 Å². The maximum atomic E-state index is 13.0. The van der Waals surface area contributed by atoms with Gasteiger partial charge in [0.15, 0.2) is 0 Å². The Balaban J connectivity index is 1.16. The van der Waals surface area contributed by atoms with E-state index in [-0.39, 0.29) is 11.8 Å². The van der Waals surface area contributed by atoms with Gasteiger partial charge in [-0.05, 0) is 36.6 Å². The molecule has 0 N–H and O–H groups in total. The van der Waals surface area contributed by atoms with E-state index in [1.54, 1.807) is 23.0 Å². The van der Waals surface area contributed by atoms with Gasteiger partial charge >= 0.3 is 0 Å². The molecule has 2 saturated heterocycles. The van der Waals surface area contributed by atoms with Crippen molar-refractivity contribution in [1.82, 2.24) is 19.7 Å². The molecule has 11 heteroatoms. The highest BCUT2D eigenvalue weighted by Gasteiger charge is 2.37. The molecule has 2 fully saturated rings. The molecule has 0 spiro atoms. The van der Waals surface area contributed by atoms with Gasteiger partial charge < -0.3 is 9.80 Å². The Labute approximate surface area is 197 Å². The summed E-state index contributed by atoms with van der Waals surface area (Å²) in [6.45, 7) is 4.75. The molecule has 3 aliphatic heterocycles. The first kappa shape index (κ1) is 22.3. The number of hydrogen-bond acceptors (Lipinski definition) is 7. The molecule has 33 heavy (non-hydrogen) atoms. The van der Waals surface area contributed by atoms with Crippen LogP contribution in [0.3, 0.4) is 0 Å². The highest BCUT2D eigenvalue weighted by atomic mass is 32.2. The number of piperazine rings is 1. The molecule has 1 aromatic heterocycles. The number of fused-ring (bicyclic) bond motifs is 1. The number of carbonyl (C=O) groups excluding carboxylic acids is 2. The van der Waals surface area contributed by atoms with Crippen LogP contribution in [0.5, 0.6) is 0 Å². The van der Waals surface area contributed by atoms with Crippen molar-refractivity contribution in [1.29, 1.82) is 0 Å². The minimum Gasteiger partial charge on any atom is -0.335 e. The zero-order chi connectivity index (χ0) is 23.2. The van der Waals surface area contributed by atoms with Crippen LogP contribution in [0.2, 0.25) is 0 Å². The summed E-state index contributed by atoms with van der Waals surface area (Å²) in [5.41, 5.74) is 4.40. The molecule has 3 aliphatic rings. The zero-order valence-corrected chi connectivity index (χ0v) is 20.1. The van der Waals surface area contributed by atoms with Crippen molar-refractivity contribution in [3.05, 3.63) is 45.9 Å². The predicted molar refractivity (Wildman–Crippen MR) is 126 cm³/mol. The number of likely N-dealkylation sites (tertiary alicyclic amines) is 1. The first-order chi connectivity index (χ1) is 15.8. The van der Waals surface area contributed by atoms with Crippen molar-refractivity contribution >= 4 is 38.9 Å². The molecule has 4 heterocycles. The number of rotatable bonds is 4. The normalized spacial score (nSPS) is 19.8. The van der Waals surface area contributed by atoms with E-state index in [1.165, 1.54) is 21.9 Å². The standard InChI is InChI=1S/C22H27N5O4S2/c1-33(30,31)27-6-2-3-16-11-17(4-5-20(16)27)21(28)26-12-18(13-26)24-7-9-25(10-8-24)22(29)19-14-32-15-23-19/h4-5,11,14-15,18H,2-3,6-10,12-13H2,1H3. The maximum absolute atomic E-state index is 13.0. The fourth-order valence-electron chi connectivity index (χ4n) is 4.85. The van der Waals surface area contributed by atoms with Gasteiger partial charge in [0.05, 0.1) is 17.5 Å². The number of anilines is 1. The van der Waals surface area contributed by atoms with Gasteiger partial charge in [-0.1, -0.05) is 0 Å². The summed E-state index contributed by atoms with van der Waals surface area (Å²) in [6, 6.07) is 5.66. The molecule has 2 amide bonds. The number of benzene rings is 1. The van der Waals surface area contributed by atoms with Crippen molar-refractivity contribution < 1.29 is 18.0 Å². The smallest absolute Gasteiger partial charge is 0.273 e. The summed E-state index contributed by atoms with van der Waals surface area (Å²) in [4.78, 5) is 35.6. The van der Waals surface area contributed by atoms with E-state index in [4.69, 9.17) is 0 Å². The third-order valence-corrected chi connectivity index (χ3v) is 8.49. The fourth-order valence-corrected chi connectivity index (χ4v) is 6.37. The van der Waals surface area contributed by atoms with E-state index in [9.17, 15) is 18.0 Å². The summed E-state index contributed by atoms with van der Waals surface area (Å²) in [7, 11) is -3.32. The van der Waals surface area contributed by atoms with E-state index >= 15 is 0 Å². The van der Waals surface area contributed by atoms with Crippen LogP contribution in [0.15, 0.2) is 29.1 Å². The van der Waals surface area contributed by atoms with Crippen LogP contribution >= 0.6 is 11.3 Å². The monoisotopic (exact) mass is 489 g/mol. The number of amides is 2. The second-order valence-electron chi connectivity index (χ2n) is 8.85. The van der Waals surface area contributed by atoms with Crippen LogP contribution in [0.1, 0.15) is 32.8 Å². The third-order valence-electron chi connectivity index (χ3n) is 6.72. The third kappa shape index (κ3) is 4.36. The minimum atomic E-state index is -3.32. The number of sulfonamides is 1. The molecule has 1 aromatic carbocycles. The van der Waals surface area contributed by atoms with Crippen molar-refractivity contribution in [3.63, 3.8) is 0 Å². The maximum Gasteiger partial charge on any atom is 0.273 e. The van der Waals surface area contributed by atoms with Crippen molar-refractivity contribution in [2.24, 2.45) is 0 Å². The van der Waals surface area contributed by atoms with E-state index in [0.29, 0.717) is 55.7 Å². The molecule has 0 bridgehead atoms. The van der Waals surface area contributed by atoms with Crippen LogP contribution < -0.4 is 4.31 Å². The lowest BCUT2D eigenvalue weighted by atomic mass is 9.98. The lowest BCUT2D eigenvalue weighted by molar-refractivity contribution is 0.00843. The first-order valence-corrected chi connectivity index (χ1v) is 13.9. The Bertz CT molecular complexity index is 1150. The number of aromatic nitrogens is 1. The first-order valence-electron chi connectivity index (χ1n) is 11.1. The van der Waals surface area contributed by atoms with Gasteiger partial charge in [0.2, 0.25) is 10.0 Å². The molecule has 5 rings (SSSR count). The second-order valence-corrected chi connectivity index (χ2v) is 11.5. The highest BCUT2D eigenvalue weighted by Crippen LogP contribution is 2.31. The molecular weight excluding hydrogens is 462 g/mol. The van der Waals surface area contributed by atoms with Gasteiger partial charge in [0.25, 0.3) is 11.8 Å². The van der Waals surface area contributed by atoms with Crippen LogP contribution in [0.4, 0.5) is 5.69 Å². The summed E-state index contributed by atoms with van der Waals surface area (Å²) in [6.07, 6.45) is 2.74. The molecule has 0 radical (unpaired) electrons. The van der Waals surface area contributed by atoms with Gasteiger partial charge in [-0.3, -0.25) is 18.8 Å². The van der Waals surface area contributed by atoms with E-state index in [1.807, 2.05) is 15.9 Å². The Morgan fingerprint density at radius 2 is 1.79 bits per heavy atom. The van der Waals surface area contributed by atoms with Crippen LogP contribution in [0.25, 0.3) is 0 Å². The SMILES string of the molecule is CS(=O)(=O)N1CCCc2cc(C(=O)N3CC(N4CCN(C(=O)c5cscn5)CC4)C3)ccc21. The Morgan fingerprint density at radius 3 is 2.45 bits per heavy atom. The number of nitrogens with zero attached hydrogens (tertiary/aromatic N) is 5. The van der Waals surface area contributed by atoms with Crippen molar-refractivity contribution in [2.75, 3.05) is 56.4 Å². The molecule has 0 saturated carbocycles. The predicted octanol–water partition coefficient (Wildman–Crippen LogP) is 1.14. The van der Waals surface area contributed by atoms with Crippen molar-refractivity contribution in [3.8, 4) is 0 Å². The quantitative estimate of drug-likeness (QED) is 0.639. The molecule has 2 aromatic rings. The van der Waals surface area contributed by atoms with Crippen molar-refractivity contribution in [2.45, 2.75) is 18.9 Å². The van der Waals surface area contributed by atoms with Crippen LogP contribution in [-0.4, -0.2) is 98.0 Å². The molecule has 0 aliphatic carbocycles. The fraction of sp³-hybridized carbons (Fsp3) is 0.500. The van der Waals surface area contributed by atoms with Gasteiger partial charge in [0.1, 0.15) is 5.69 Å². The summed E-state index contributed by atoms with van der Waals surface area (Å²) < 4.78 is 25.5. The molecular formula is C22H27N5O4S2. The molecule has 176 valence electrons. The van der Waals surface area contributed by atoms with Gasteiger partial charge in [-0.15, -0.1) is 11.3 Å². The number of aryl methyl sites for hydroxylation is 1. The van der Waals surface area contributed by atoms with E-state index in [0.717, 1.165) is 31.5 Å². The highest BCUT2D eigenvalue weighted by molar-refractivity contribution is 7.92. The second kappa shape index (κ2) is 8.69. The molecule has 0 atom stereocenters. The lowest BCUT2D eigenvalue weighted by Gasteiger charge is -2.48. The number of carbonyl (C=O) groups is 2. The number of hydrogen-bond donors (Lipinski definition) is 0. The van der Waals surface area contributed by atoms with Gasteiger partial charge in [-0.25, -0.2) is 13.4 Å². The van der Waals surface area contributed by atoms with Crippen LogP contribution in [-0.2, 0) is 16.4 Å². The van der Waals surface area contributed by atoms with Gasteiger partial charge in [0, 0.05) is 62.8 Å². The van der Waals surface area contributed by atoms with Crippen LogP contribution in [0, 0.1) is 0 Å². The molecule has 9 nitrogen and oxygen atoms in total. The zero-order valence-electron chi connectivity index (χ0n) is 18.5.